The first kappa shape index (κ1) is 15.5. The van der Waals surface area contributed by atoms with Gasteiger partial charge in [-0.1, -0.05) is 18.2 Å². The van der Waals surface area contributed by atoms with Gasteiger partial charge in [-0.25, -0.2) is 0 Å². The first-order valence-electron chi connectivity index (χ1n) is 4.99. The van der Waals surface area contributed by atoms with Crippen molar-refractivity contribution in [1.82, 2.24) is 5.06 Å². The van der Waals surface area contributed by atoms with Crippen molar-refractivity contribution in [2.75, 3.05) is 38.2 Å². The molecular weight excluding hydrogens is 247 g/mol. The van der Waals surface area contributed by atoms with Gasteiger partial charge in [0, 0.05) is 31.9 Å². The molecule has 0 unspecified atom stereocenters. The molecule has 0 bridgehead atoms. The van der Waals surface area contributed by atoms with Crippen molar-refractivity contribution in [3.8, 4) is 0 Å². The van der Waals surface area contributed by atoms with Crippen molar-refractivity contribution in [3.63, 3.8) is 0 Å². The molecule has 5 heteroatoms. The van der Waals surface area contributed by atoms with E-state index in [4.69, 9.17) is 4.84 Å². The van der Waals surface area contributed by atoms with Gasteiger partial charge in [0.15, 0.2) is 0 Å². The average Bonchev–Trinajstić information content (AvgIpc) is 2.30. The number of anilines is 1. The van der Waals surface area contributed by atoms with Crippen LogP contribution in [-0.2, 0) is 4.84 Å². The van der Waals surface area contributed by atoms with E-state index in [0.717, 1.165) is 26.2 Å². The molecule has 1 aromatic carbocycles. The van der Waals surface area contributed by atoms with Gasteiger partial charge in [0.1, 0.15) is 0 Å². The normalized spacial score (nSPS) is 16.2. The van der Waals surface area contributed by atoms with Gasteiger partial charge in [0.2, 0.25) is 0 Å². The van der Waals surface area contributed by atoms with Crippen molar-refractivity contribution >= 4 is 30.5 Å². The fourth-order valence-electron chi connectivity index (χ4n) is 1.77. The van der Waals surface area contributed by atoms with Gasteiger partial charge in [-0.3, -0.25) is 0 Å². The second-order valence-electron chi connectivity index (χ2n) is 3.43. The summed E-state index contributed by atoms with van der Waals surface area (Å²) in [7, 11) is 1.73. The third kappa shape index (κ3) is 3.83. The zero-order valence-electron chi connectivity index (χ0n) is 9.33. The van der Waals surface area contributed by atoms with Crippen LogP contribution in [0, 0.1) is 0 Å². The number of nitrogens with zero attached hydrogens (tertiary/aromatic N) is 2. The highest BCUT2D eigenvalue weighted by Gasteiger charge is 2.15. The van der Waals surface area contributed by atoms with Crippen LogP contribution in [0.4, 0.5) is 5.69 Å². The minimum Gasteiger partial charge on any atom is -0.369 e. The molecule has 0 saturated carbocycles. The lowest BCUT2D eigenvalue weighted by Crippen LogP contribution is -2.45. The molecule has 0 atom stereocenters. The zero-order valence-corrected chi connectivity index (χ0v) is 11.0. The summed E-state index contributed by atoms with van der Waals surface area (Å²) in [5, 5.41) is 2.00. The largest absolute Gasteiger partial charge is 0.369 e. The Morgan fingerprint density at radius 3 is 2.00 bits per heavy atom. The maximum absolute atomic E-state index is 5.18. The second kappa shape index (κ2) is 7.74. The third-order valence-electron chi connectivity index (χ3n) is 2.62. The molecule has 1 fully saturated rings. The molecule has 0 radical (unpaired) electrons. The molecule has 1 aliphatic heterocycles. The van der Waals surface area contributed by atoms with E-state index in [-0.39, 0.29) is 24.8 Å². The Morgan fingerprint density at radius 2 is 1.50 bits per heavy atom. The zero-order chi connectivity index (χ0) is 9.80. The Morgan fingerprint density at radius 1 is 0.938 bits per heavy atom. The van der Waals surface area contributed by atoms with E-state index in [9.17, 15) is 0 Å². The Kier molecular flexibility index (Phi) is 7.51. The van der Waals surface area contributed by atoms with Crippen LogP contribution >= 0.6 is 24.8 Å². The molecule has 16 heavy (non-hydrogen) atoms. The Balaban J connectivity index is 0.00000112. The predicted octanol–water partition coefficient (Wildman–Crippen LogP) is 2.21. The summed E-state index contributed by atoms with van der Waals surface area (Å²) in [6.07, 6.45) is 0. The molecule has 1 aliphatic rings. The summed E-state index contributed by atoms with van der Waals surface area (Å²) < 4.78 is 0. The lowest BCUT2D eigenvalue weighted by atomic mass is 10.2. The molecule has 1 heterocycles. The second-order valence-corrected chi connectivity index (χ2v) is 3.43. The molecule has 0 N–H and O–H groups in total. The van der Waals surface area contributed by atoms with Gasteiger partial charge in [-0.15, -0.1) is 24.8 Å². The Hall–Kier alpha value is -0.480. The van der Waals surface area contributed by atoms with E-state index in [1.807, 2.05) is 5.06 Å². The number of benzene rings is 1. The smallest absolute Gasteiger partial charge is 0.0575 e. The van der Waals surface area contributed by atoms with Crippen LogP contribution < -0.4 is 4.90 Å². The number of hydrogen-bond donors (Lipinski definition) is 0. The molecule has 2 rings (SSSR count). The van der Waals surface area contributed by atoms with Crippen LogP contribution in [0.1, 0.15) is 0 Å². The van der Waals surface area contributed by atoms with Crippen LogP contribution in [-0.4, -0.2) is 38.4 Å². The van der Waals surface area contributed by atoms with Crippen molar-refractivity contribution < 1.29 is 4.84 Å². The molecule has 1 saturated heterocycles. The summed E-state index contributed by atoms with van der Waals surface area (Å²) in [6, 6.07) is 10.5. The summed E-state index contributed by atoms with van der Waals surface area (Å²) in [4.78, 5) is 7.57. The van der Waals surface area contributed by atoms with Crippen LogP contribution in [0.3, 0.4) is 0 Å². The first-order chi connectivity index (χ1) is 6.90. The Labute approximate surface area is 109 Å². The van der Waals surface area contributed by atoms with Gasteiger partial charge in [-0.05, 0) is 12.1 Å². The molecule has 3 nitrogen and oxygen atoms in total. The van der Waals surface area contributed by atoms with Crippen LogP contribution in [0.25, 0.3) is 0 Å². The van der Waals surface area contributed by atoms with E-state index < -0.39 is 0 Å². The molecule has 0 amide bonds. The molecule has 0 aliphatic carbocycles. The summed E-state index contributed by atoms with van der Waals surface area (Å²) in [5.41, 5.74) is 1.31. The van der Waals surface area contributed by atoms with Gasteiger partial charge in [-0.2, -0.15) is 5.06 Å². The summed E-state index contributed by atoms with van der Waals surface area (Å²) in [6.45, 7) is 4.03. The van der Waals surface area contributed by atoms with Gasteiger partial charge >= 0.3 is 0 Å². The van der Waals surface area contributed by atoms with Gasteiger partial charge in [0.25, 0.3) is 0 Å². The quantitative estimate of drug-likeness (QED) is 0.815. The molecule has 0 spiro atoms. The first-order valence-corrected chi connectivity index (χ1v) is 4.99. The minimum atomic E-state index is 0. The van der Waals surface area contributed by atoms with E-state index >= 15 is 0 Å². The number of piperazine rings is 1. The number of para-hydroxylation sites is 1. The number of hydrogen-bond acceptors (Lipinski definition) is 3. The highest BCUT2D eigenvalue weighted by molar-refractivity contribution is 5.85. The number of halogens is 2. The van der Waals surface area contributed by atoms with Crippen molar-refractivity contribution in [1.29, 1.82) is 0 Å². The predicted molar refractivity (Wildman–Crippen MR) is 71.7 cm³/mol. The van der Waals surface area contributed by atoms with Gasteiger partial charge < -0.3 is 9.74 Å². The molecular formula is C11H18Cl2N2O. The summed E-state index contributed by atoms with van der Waals surface area (Å²) >= 11 is 0. The molecule has 0 aromatic heterocycles. The van der Waals surface area contributed by atoms with Crippen LogP contribution in [0.2, 0.25) is 0 Å². The monoisotopic (exact) mass is 264 g/mol. The SMILES string of the molecule is CON1CCN(c2ccccc2)CC1.Cl.Cl. The lowest BCUT2D eigenvalue weighted by molar-refractivity contribution is -0.133. The minimum absolute atomic E-state index is 0. The van der Waals surface area contributed by atoms with E-state index in [2.05, 4.69) is 35.2 Å². The highest BCUT2D eigenvalue weighted by atomic mass is 35.5. The maximum atomic E-state index is 5.18. The van der Waals surface area contributed by atoms with Crippen molar-refractivity contribution in [2.45, 2.75) is 0 Å². The van der Waals surface area contributed by atoms with Gasteiger partial charge in [0.05, 0.1) is 7.11 Å². The standard InChI is InChI=1S/C11H16N2O.2ClH/c1-14-13-9-7-12(8-10-13)11-5-3-2-4-6-11;;/h2-6H,7-10H2,1H3;2*1H. The van der Waals surface area contributed by atoms with E-state index in [1.54, 1.807) is 7.11 Å². The fraction of sp³-hybridized carbons (Fsp3) is 0.455. The van der Waals surface area contributed by atoms with E-state index in [0.29, 0.717) is 0 Å². The lowest BCUT2D eigenvalue weighted by Gasteiger charge is -2.34. The summed E-state index contributed by atoms with van der Waals surface area (Å²) in [5.74, 6) is 0. The molecule has 1 aromatic rings. The highest BCUT2D eigenvalue weighted by Crippen LogP contribution is 2.15. The van der Waals surface area contributed by atoms with Crippen molar-refractivity contribution in [2.24, 2.45) is 0 Å². The van der Waals surface area contributed by atoms with Crippen LogP contribution in [0.5, 0.6) is 0 Å². The maximum Gasteiger partial charge on any atom is 0.0575 e. The third-order valence-corrected chi connectivity index (χ3v) is 2.62. The van der Waals surface area contributed by atoms with E-state index in [1.165, 1.54) is 5.69 Å². The fourth-order valence-corrected chi connectivity index (χ4v) is 1.77. The van der Waals surface area contributed by atoms with Crippen molar-refractivity contribution in [3.05, 3.63) is 30.3 Å². The topological polar surface area (TPSA) is 15.7 Å². The average molecular weight is 265 g/mol. The Bertz CT molecular complexity index is 277. The number of rotatable bonds is 2. The van der Waals surface area contributed by atoms with Crippen LogP contribution in [0.15, 0.2) is 30.3 Å². The number of hydroxylamine groups is 2. The molecule has 92 valence electrons.